The molecule has 2 aliphatic rings. The Morgan fingerprint density at radius 2 is 1.62 bits per heavy atom. The van der Waals surface area contributed by atoms with Gasteiger partial charge in [0.25, 0.3) is 0 Å². The minimum Gasteiger partial charge on any atom is -0.378 e. The average Bonchev–Trinajstić information content (AvgIpc) is 2.83. The maximum atomic E-state index is 3.93. The summed E-state index contributed by atoms with van der Waals surface area (Å²) in [7, 11) is 0. The van der Waals surface area contributed by atoms with Crippen LogP contribution in [-0.2, 0) is 10.8 Å². The van der Waals surface area contributed by atoms with Gasteiger partial charge >= 0.3 is 0 Å². The van der Waals surface area contributed by atoms with Gasteiger partial charge in [0.1, 0.15) is 0 Å². The van der Waals surface area contributed by atoms with Crippen molar-refractivity contribution >= 4 is 5.69 Å². The van der Waals surface area contributed by atoms with Gasteiger partial charge in [0, 0.05) is 16.6 Å². The Bertz CT molecular complexity index is 755. The number of fused-ring (bicyclic) bond motifs is 3. The van der Waals surface area contributed by atoms with Gasteiger partial charge < -0.3 is 5.32 Å². The third-order valence-electron chi connectivity index (χ3n) is 6.44. The lowest BCUT2D eigenvalue weighted by Gasteiger charge is -2.48. The molecule has 1 heterocycles. The van der Waals surface area contributed by atoms with Gasteiger partial charge in [-0.05, 0) is 47.9 Å². The van der Waals surface area contributed by atoms with Crippen LogP contribution in [0.2, 0.25) is 0 Å². The van der Waals surface area contributed by atoms with Crippen LogP contribution in [-0.4, -0.2) is 5.54 Å². The van der Waals surface area contributed by atoms with Gasteiger partial charge in [-0.1, -0.05) is 76.1 Å². The third kappa shape index (κ3) is 2.06. The van der Waals surface area contributed by atoms with E-state index in [-0.39, 0.29) is 16.4 Å². The van der Waals surface area contributed by atoms with Gasteiger partial charge in [0.15, 0.2) is 0 Å². The molecule has 24 heavy (non-hydrogen) atoms. The summed E-state index contributed by atoms with van der Waals surface area (Å²) in [6, 6.07) is 18.3. The first kappa shape index (κ1) is 15.7. The first-order valence-electron chi connectivity index (χ1n) is 9.36. The van der Waals surface area contributed by atoms with Crippen molar-refractivity contribution in [2.75, 3.05) is 5.32 Å². The predicted molar refractivity (Wildman–Crippen MR) is 103 cm³/mol. The minimum atomic E-state index is 0.100. The van der Waals surface area contributed by atoms with Gasteiger partial charge in [0.05, 0.1) is 0 Å². The van der Waals surface area contributed by atoms with E-state index in [0.717, 1.165) is 0 Å². The summed E-state index contributed by atoms with van der Waals surface area (Å²) < 4.78 is 0. The van der Waals surface area contributed by atoms with Gasteiger partial charge in [-0.25, -0.2) is 0 Å². The average molecular weight is 319 g/mol. The second-order valence-corrected chi connectivity index (χ2v) is 8.95. The van der Waals surface area contributed by atoms with Crippen molar-refractivity contribution in [3.63, 3.8) is 0 Å². The molecule has 1 fully saturated rings. The Balaban J connectivity index is 1.98. The predicted octanol–water partition coefficient (Wildman–Crippen LogP) is 6.03. The van der Waals surface area contributed by atoms with Crippen LogP contribution in [0, 0.1) is 0 Å². The lowest BCUT2D eigenvalue weighted by molar-refractivity contribution is 0.235. The van der Waals surface area contributed by atoms with Crippen LogP contribution in [0.3, 0.4) is 0 Å². The molecule has 1 heteroatoms. The number of benzene rings is 2. The molecule has 0 bridgehead atoms. The standard InChI is InChI=1S/C23H29N/c1-21(2,3)18-12-13-20-19(16-18)23(17-10-6-5-7-11-17)15-9-8-14-22(23,4)24-20/h5-7,10-13,16,24H,8-9,14-15H2,1-4H3. The molecule has 0 aromatic heterocycles. The second-order valence-electron chi connectivity index (χ2n) is 8.95. The van der Waals surface area contributed by atoms with E-state index in [2.05, 4.69) is 81.5 Å². The Morgan fingerprint density at radius 1 is 0.917 bits per heavy atom. The van der Waals surface area contributed by atoms with Crippen LogP contribution in [0.5, 0.6) is 0 Å². The number of hydrogen-bond donors (Lipinski definition) is 1. The van der Waals surface area contributed by atoms with E-state index >= 15 is 0 Å². The summed E-state index contributed by atoms with van der Waals surface area (Å²) in [6.07, 6.45) is 5.10. The highest BCUT2D eigenvalue weighted by molar-refractivity contribution is 5.69. The van der Waals surface area contributed by atoms with Gasteiger partial charge in [0.2, 0.25) is 0 Å². The second kappa shape index (κ2) is 5.12. The van der Waals surface area contributed by atoms with E-state index in [1.54, 1.807) is 0 Å². The molecule has 2 atom stereocenters. The molecule has 0 saturated heterocycles. The smallest absolute Gasteiger partial charge is 0.0483 e. The van der Waals surface area contributed by atoms with E-state index in [1.165, 1.54) is 48.1 Å². The van der Waals surface area contributed by atoms with Gasteiger partial charge in [-0.15, -0.1) is 0 Å². The van der Waals surface area contributed by atoms with E-state index < -0.39 is 0 Å². The SMILES string of the molecule is CC(C)(C)c1ccc2c(c1)C1(c3ccccc3)CCCCC1(C)N2. The Morgan fingerprint density at radius 3 is 2.33 bits per heavy atom. The first-order valence-corrected chi connectivity index (χ1v) is 9.36. The van der Waals surface area contributed by atoms with Crippen molar-refractivity contribution in [3.8, 4) is 0 Å². The zero-order valence-corrected chi connectivity index (χ0v) is 15.4. The van der Waals surface area contributed by atoms with Crippen LogP contribution in [0.15, 0.2) is 48.5 Å². The van der Waals surface area contributed by atoms with Crippen LogP contribution in [0.25, 0.3) is 0 Å². The van der Waals surface area contributed by atoms with Crippen LogP contribution < -0.4 is 5.32 Å². The topological polar surface area (TPSA) is 12.0 Å². The Labute approximate surface area is 146 Å². The number of hydrogen-bond acceptors (Lipinski definition) is 1. The summed E-state index contributed by atoms with van der Waals surface area (Å²) in [6.45, 7) is 9.38. The fraction of sp³-hybridized carbons (Fsp3) is 0.478. The molecule has 1 aliphatic heterocycles. The van der Waals surface area contributed by atoms with Crippen LogP contribution in [0.4, 0.5) is 5.69 Å². The summed E-state index contributed by atoms with van der Waals surface area (Å²) in [5.74, 6) is 0. The van der Waals surface area contributed by atoms with Crippen LogP contribution >= 0.6 is 0 Å². The normalized spacial score (nSPS) is 28.8. The minimum absolute atomic E-state index is 0.100. The molecule has 1 N–H and O–H groups in total. The zero-order chi connectivity index (χ0) is 17.0. The van der Waals surface area contributed by atoms with Crippen molar-refractivity contribution in [2.24, 2.45) is 0 Å². The fourth-order valence-electron chi connectivity index (χ4n) is 5.07. The van der Waals surface area contributed by atoms with Crippen LogP contribution in [0.1, 0.15) is 70.1 Å². The Kier molecular flexibility index (Phi) is 3.36. The van der Waals surface area contributed by atoms with E-state index in [9.17, 15) is 0 Å². The molecule has 126 valence electrons. The van der Waals surface area contributed by atoms with E-state index in [4.69, 9.17) is 0 Å². The largest absolute Gasteiger partial charge is 0.378 e. The van der Waals surface area contributed by atoms with Gasteiger partial charge in [-0.2, -0.15) is 0 Å². The summed E-state index contributed by atoms with van der Waals surface area (Å²) >= 11 is 0. The molecule has 2 aromatic carbocycles. The Hall–Kier alpha value is -1.76. The number of rotatable bonds is 1. The highest BCUT2D eigenvalue weighted by atomic mass is 15.0. The fourth-order valence-corrected chi connectivity index (χ4v) is 5.07. The maximum absolute atomic E-state index is 3.93. The monoisotopic (exact) mass is 319 g/mol. The molecule has 0 radical (unpaired) electrons. The third-order valence-corrected chi connectivity index (χ3v) is 6.44. The molecule has 4 rings (SSSR count). The van der Waals surface area contributed by atoms with Crippen molar-refractivity contribution in [3.05, 3.63) is 65.2 Å². The van der Waals surface area contributed by atoms with E-state index in [1.807, 2.05) is 0 Å². The number of anilines is 1. The van der Waals surface area contributed by atoms with Crippen molar-refractivity contribution in [1.29, 1.82) is 0 Å². The zero-order valence-electron chi connectivity index (χ0n) is 15.4. The highest BCUT2D eigenvalue weighted by Gasteiger charge is 2.56. The summed E-state index contributed by atoms with van der Waals surface area (Å²) in [5.41, 5.74) is 6.17. The highest BCUT2D eigenvalue weighted by Crippen LogP contribution is 2.58. The molecule has 2 aromatic rings. The van der Waals surface area contributed by atoms with Crippen molar-refractivity contribution in [1.82, 2.24) is 0 Å². The molecular formula is C23H29N. The van der Waals surface area contributed by atoms with E-state index in [0.29, 0.717) is 0 Å². The lowest BCUT2D eigenvalue weighted by Crippen LogP contribution is -2.53. The molecule has 2 unspecified atom stereocenters. The molecule has 0 spiro atoms. The number of nitrogens with one attached hydrogen (secondary N) is 1. The maximum Gasteiger partial charge on any atom is 0.0483 e. The molecule has 1 saturated carbocycles. The summed E-state index contributed by atoms with van der Waals surface area (Å²) in [5, 5.41) is 3.93. The summed E-state index contributed by atoms with van der Waals surface area (Å²) in [4.78, 5) is 0. The van der Waals surface area contributed by atoms with Crippen molar-refractivity contribution in [2.45, 2.75) is 69.7 Å². The molecule has 1 nitrogen and oxygen atoms in total. The molecule has 1 aliphatic carbocycles. The van der Waals surface area contributed by atoms with Gasteiger partial charge in [-0.3, -0.25) is 0 Å². The molecular weight excluding hydrogens is 290 g/mol. The first-order chi connectivity index (χ1) is 11.4. The lowest BCUT2D eigenvalue weighted by atomic mass is 9.57. The molecule has 0 amide bonds. The van der Waals surface area contributed by atoms with Crippen molar-refractivity contribution < 1.29 is 0 Å². The quantitative estimate of drug-likeness (QED) is 0.677.